The Hall–Kier alpha value is -5.53. The lowest BCUT2D eigenvalue weighted by atomic mass is 9.84. The lowest BCUT2D eigenvalue weighted by Crippen LogP contribution is -1.93. The van der Waals surface area contributed by atoms with Crippen LogP contribution in [0.4, 0.5) is 0 Å². The quantitative estimate of drug-likeness (QED) is 0.205. The maximum absolute atomic E-state index is 4.66. The van der Waals surface area contributed by atoms with Crippen molar-refractivity contribution >= 4 is 32.3 Å². The van der Waals surface area contributed by atoms with Gasteiger partial charge in [0.25, 0.3) is 0 Å². The Bertz CT molecular complexity index is 2110. The van der Waals surface area contributed by atoms with Gasteiger partial charge in [-0.2, -0.15) is 0 Å². The van der Waals surface area contributed by atoms with Crippen LogP contribution in [-0.4, -0.2) is 4.98 Å². The number of aromatic nitrogens is 1. The lowest BCUT2D eigenvalue weighted by molar-refractivity contribution is 1.37. The molecule has 196 valence electrons. The van der Waals surface area contributed by atoms with Gasteiger partial charge in [-0.3, -0.25) is 4.98 Å². The number of hydrogen-bond donors (Lipinski definition) is 0. The molecule has 42 heavy (non-hydrogen) atoms. The van der Waals surface area contributed by atoms with Crippen LogP contribution in [0.3, 0.4) is 0 Å². The van der Waals surface area contributed by atoms with Crippen LogP contribution < -0.4 is 0 Å². The van der Waals surface area contributed by atoms with E-state index in [-0.39, 0.29) is 0 Å². The maximum atomic E-state index is 4.66. The second-order valence-corrected chi connectivity index (χ2v) is 10.8. The molecule has 0 saturated carbocycles. The number of benzene rings is 7. The van der Waals surface area contributed by atoms with Crippen molar-refractivity contribution in [2.75, 3.05) is 0 Å². The Morgan fingerprint density at radius 3 is 1.55 bits per heavy atom. The summed E-state index contributed by atoms with van der Waals surface area (Å²) in [4.78, 5) is 4.66. The Kier molecular flexibility index (Phi) is 5.86. The van der Waals surface area contributed by atoms with Crippen LogP contribution >= 0.6 is 0 Å². The number of rotatable bonds is 4. The van der Waals surface area contributed by atoms with Crippen molar-refractivity contribution in [1.82, 2.24) is 4.98 Å². The predicted octanol–water partition coefficient (Wildman–Crippen LogP) is 11.2. The van der Waals surface area contributed by atoms with E-state index in [2.05, 4.69) is 157 Å². The van der Waals surface area contributed by atoms with Gasteiger partial charge in [-0.1, -0.05) is 127 Å². The second kappa shape index (κ2) is 10.1. The molecule has 0 atom stereocenters. The number of hydrogen-bond acceptors (Lipinski definition) is 1. The molecule has 0 fully saturated rings. The summed E-state index contributed by atoms with van der Waals surface area (Å²) in [6, 6.07) is 54.6. The zero-order valence-electron chi connectivity index (χ0n) is 23.0. The Morgan fingerprint density at radius 1 is 0.333 bits per heavy atom. The Labute approximate surface area is 245 Å². The molecule has 0 aliphatic heterocycles. The molecule has 0 N–H and O–H groups in total. The van der Waals surface area contributed by atoms with E-state index in [0.717, 1.165) is 5.39 Å². The van der Waals surface area contributed by atoms with Gasteiger partial charge in [-0.05, 0) is 95.7 Å². The molecule has 1 heterocycles. The predicted molar refractivity (Wildman–Crippen MR) is 178 cm³/mol. The van der Waals surface area contributed by atoms with E-state index in [4.69, 9.17) is 0 Å². The van der Waals surface area contributed by atoms with Gasteiger partial charge in [-0.15, -0.1) is 0 Å². The summed E-state index contributed by atoms with van der Waals surface area (Å²) in [5, 5.41) is 7.34. The third-order valence-corrected chi connectivity index (χ3v) is 8.32. The summed E-state index contributed by atoms with van der Waals surface area (Å²) in [5.41, 5.74) is 9.71. The standard InChI is InChI=1S/C41H27N/c1-3-12-28(13-4-1)31-24-32(29-14-5-2-6-15-29)26-33(25-31)40-36-19-9-10-20-37(36)41(38-22-23-42-27-39(38)40)35-21-11-17-30-16-7-8-18-34(30)35/h1-27H. The van der Waals surface area contributed by atoms with Gasteiger partial charge in [0.15, 0.2) is 0 Å². The molecule has 7 aromatic carbocycles. The van der Waals surface area contributed by atoms with Gasteiger partial charge in [0.05, 0.1) is 0 Å². The third-order valence-electron chi connectivity index (χ3n) is 8.32. The number of fused-ring (bicyclic) bond motifs is 3. The highest BCUT2D eigenvalue weighted by atomic mass is 14.6. The fourth-order valence-electron chi connectivity index (χ4n) is 6.43. The summed E-state index contributed by atoms with van der Waals surface area (Å²) < 4.78 is 0. The van der Waals surface area contributed by atoms with E-state index < -0.39 is 0 Å². The zero-order chi connectivity index (χ0) is 27.9. The van der Waals surface area contributed by atoms with Crippen LogP contribution in [-0.2, 0) is 0 Å². The summed E-state index contributed by atoms with van der Waals surface area (Å²) in [7, 11) is 0. The van der Waals surface area contributed by atoms with Crippen LogP contribution in [0.25, 0.3) is 76.8 Å². The van der Waals surface area contributed by atoms with Gasteiger partial charge in [0.1, 0.15) is 0 Å². The van der Waals surface area contributed by atoms with Gasteiger partial charge < -0.3 is 0 Å². The molecule has 0 bridgehead atoms. The molecule has 0 spiro atoms. The van der Waals surface area contributed by atoms with Crippen molar-refractivity contribution in [3.8, 4) is 44.5 Å². The highest BCUT2D eigenvalue weighted by Crippen LogP contribution is 2.46. The first kappa shape index (κ1) is 24.3. The molecular formula is C41H27N. The molecule has 0 saturated heterocycles. The fraction of sp³-hybridized carbons (Fsp3) is 0. The first-order valence-electron chi connectivity index (χ1n) is 14.4. The first-order chi connectivity index (χ1) is 20.8. The normalized spacial score (nSPS) is 11.3. The van der Waals surface area contributed by atoms with Crippen molar-refractivity contribution in [2.45, 2.75) is 0 Å². The van der Waals surface area contributed by atoms with Gasteiger partial charge in [0.2, 0.25) is 0 Å². The summed E-state index contributed by atoms with van der Waals surface area (Å²) in [6.07, 6.45) is 3.97. The minimum Gasteiger partial charge on any atom is -0.264 e. The minimum atomic E-state index is 1.16. The van der Waals surface area contributed by atoms with Crippen molar-refractivity contribution < 1.29 is 0 Å². The topological polar surface area (TPSA) is 12.9 Å². The minimum absolute atomic E-state index is 1.16. The SMILES string of the molecule is c1ccc(-c2cc(-c3ccccc3)cc(-c3c4ccccc4c(-c4cccc5ccccc45)c4ccncc34)c2)cc1. The van der Waals surface area contributed by atoms with Crippen molar-refractivity contribution in [3.05, 3.63) is 164 Å². The molecule has 1 nitrogen and oxygen atoms in total. The highest BCUT2D eigenvalue weighted by molar-refractivity contribution is 6.23. The van der Waals surface area contributed by atoms with E-state index in [1.165, 1.54) is 71.4 Å². The Balaban J connectivity index is 1.49. The van der Waals surface area contributed by atoms with E-state index >= 15 is 0 Å². The van der Waals surface area contributed by atoms with Gasteiger partial charge in [-0.25, -0.2) is 0 Å². The second-order valence-electron chi connectivity index (χ2n) is 10.8. The van der Waals surface area contributed by atoms with Gasteiger partial charge >= 0.3 is 0 Å². The van der Waals surface area contributed by atoms with Crippen molar-refractivity contribution in [1.29, 1.82) is 0 Å². The summed E-state index contributed by atoms with van der Waals surface area (Å²) in [6.45, 7) is 0. The van der Waals surface area contributed by atoms with Crippen LogP contribution in [0.5, 0.6) is 0 Å². The molecule has 1 aromatic heterocycles. The number of nitrogens with zero attached hydrogens (tertiary/aromatic N) is 1. The summed E-state index contributed by atoms with van der Waals surface area (Å²) in [5.74, 6) is 0. The molecule has 0 radical (unpaired) electrons. The number of pyridine rings is 1. The molecule has 1 heteroatoms. The van der Waals surface area contributed by atoms with Crippen molar-refractivity contribution in [3.63, 3.8) is 0 Å². The van der Waals surface area contributed by atoms with Gasteiger partial charge in [0, 0.05) is 17.8 Å². The zero-order valence-corrected chi connectivity index (χ0v) is 23.0. The average Bonchev–Trinajstić information content (AvgIpc) is 3.07. The van der Waals surface area contributed by atoms with Crippen LogP contribution in [0.2, 0.25) is 0 Å². The molecule has 8 rings (SSSR count). The lowest BCUT2D eigenvalue weighted by Gasteiger charge is -2.19. The average molecular weight is 534 g/mol. The van der Waals surface area contributed by atoms with Crippen LogP contribution in [0.15, 0.2) is 164 Å². The molecular weight excluding hydrogens is 506 g/mol. The molecule has 0 unspecified atom stereocenters. The molecule has 0 aliphatic carbocycles. The largest absolute Gasteiger partial charge is 0.264 e. The summed E-state index contributed by atoms with van der Waals surface area (Å²) >= 11 is 0. The fourth-order valence-corrected chi connectivity index (χ4v) is 6.43. The smallest absolute Gasteiger partial charge is 0.0353 e. The van der Waals surface area contributed by atoms with Crippen LogP contribution in [0.1, 0.15) is 0 Å². The molecule has 0 amide bonds. The van der Waals surface area contributed by atoms with E-state index in [1.807, 2.05) is 12.4 Å². The monoisotopic (exact) mass is 533 g/mol. The first-order valence-corrected chi connectivity index (χ1v) is 14.4. The Morgan fingerprint density at radius 2 is 0.857 bits per heavy atom. The highest BCUT2D eigenvalue weighted by Gasteiger charge is 2.19. The van der Waals surface area contributed by atoms with E-state index in [1.54, 1.807) is 0 Å². The molecule has 0 aliphatic rings. The maximum Gasteiger partial charge on any atom is 0.0353 e. The van der Waals surface area contributed by atoms with Crippen molar-refractivity contribution in [2.24, 2.45) is 0 Å². The van der Waals surface area contributed by atoms with E-state index in [9.17, 15) is 0 Å². The third kappa shape index (κ3) is 4.06. The van der Waals surface area contributed by atoms with E-state index in [0.29, 0.717) is 0 Å². The molecule has 8 aromatic rings. The van der Waals surface area contributed by atoms with Crippen LogP contribution in [0, 0.1) is 0 Å².